The number of nitrogens with one attached hydrogen (secondary N) is 1. The molecule has 3 atom stereocenters. The molecule has 0 aliphatic heterocycles. The van der Waals surface area contributed by atoms with Gasteiger partial charge in [0.15, 0.2) is 5.78 Å². The Kier molecular flexibility index (Phi) is 3.55. The van der Waals surface area contributed by atoms with Crippen molar-refractivity contribution in [1.29, 1.82) is 0 Å². The van der Waals surface area contributed by atoms with Gasteiger partial charge in [-0.2, -0.15) is 0 Å². The molecule has 0 saturated heterocycles. The summed E-state index contributed by atoms with van der Waals surface area (Å²) in [7, 11) is 0. The molecule has 3 rings (SSSR count). The fourth-order valence-electron chi connectivity index (χ4n) is 5.02. The van der Waals surface area contributed by atoms with Crippen LogP contribution in [0.4, 0.5) is 0 Å². The molecule has 3 saturated carbocycles. The van der Waals surface area contributed by atoms with Gasteiger partial charge < -0.3 is 5.32 Å². The van der Waals surface area contributed by atoms with Gasteiger partial charge in [0.05, 0.1) is 10.2 Å². The second-order valence-corrected chi connectivity index (χ2v) is 8.88. The van der Waals surface area contributed by atoms with Crippen molar-refractivity contribution in [3.05, 3.63) is 0 Å². The summed E-state index contributed by atoms with van der Waals surface area (Å²) < 4.78 is 0. The molecule has 3 aliphatic carbocycles. The van der Waals surface area contributed by atoms with Crippen molar-refractivity contribution < 1.29 is 9.59 Å². The standard InChI is InChI=1S/C17H26BrNO2/c1-15(2)16(3)9-10-17(15,12(18)13(16)20)14(21)19-11-7-5-4-6-8-11/h11-12H,4-10H2,1-3H3,(H,19,21)/t12-,16+,17+/m1/s1. The molecule has 118 valence electrons. The van der Waals surface area contributed by atoms with Gasteiger partial charge in [0.25, 0.3) is 0 Å². The first-order chi connectivity index (χ1) is 9.77. The number of rotatable bonds is 2. The first-order valence-electron chi connectivity index (χ1n) is 8.27. The Morgan fingerprint density at radius 3 is 2.29 bits per heavy atom. The lowest BCUT2D eigenvalue weighted by molar-refractivity contribution is -0.136. The topological polar surface area (TPSA) is 46.2 Å². The van der Waals surface area contributed by atoms with Crippen molar-refractivity contribution >= 4 is 27.6 Å². The highest BCUT2D eigenvalue weighted by molar-refractivity contribution is 9.10. The van der Waals surface area contributed by atoms with Crippen molar-refractivity contribution in [2.45, 2.75) is 76.6 Å². The van der Waals surface area contributed by atoms with Crippen LogP contribution in [-0.4, -0.2) is 22.6 Å². The van der Waals surface area contributed by atoms with E-state index in [4.69, 9.17) is 0 Å². The van der Waals surface area contributed by atoms with Gasteiger partial charge in [-0.25, -0.2) is 0 Å². The second-order valence-electron chi connectivity index (χ2n) is 7.96. The second kappa shape index (κ2) is 4.81. The van der Waals surface area contributed by atoms with E-state index in [1.807, 2.05) is 6.92 Å². The van der Waals surface area contributed by atoms with Crippen LogP contribution in [0, 0.1) is 16.2 Å². The van der Waals surface area contributed by atoms with Gasteiger partial charge in [0.2, 0.25) is 5.91 Å². The summed E-state index contributed by atoms with van der Waals surface area (Å²) in [6.07, 6.45) is 7.50. The Morgan fingerprint density at radius 1 is 1.14 bits per heavy atom. The SMILES string of the molecule is CC1(C)[C@@]2(C)CC[C@@]1(C(=O)NC1CCCCC1)[C@H](Br)C2=O. The van der Waals surface area contributed by atoms with Crippen LogP contribution >= 0.6 is 15.9 Å². The first kappa shape index (κ1) is 15.5. The zero-order valence-electron chi connectivity index (χ0n) is 13.3. The summed E-state index contributed by atoms with van der Waals surface area (Å²) >= 11 is 3.58. The highest BCUT2D eigenvalue weighted by Crippen LogP contribution is 2.72. The third-order valence-electron chi connectivity index (χ3n) is 7.07. The molecular formula is C17H26BrNO2. The molecule has 0 aromatic carbocycles. The van der Waals surface area contributed by atoms with Crippen molar-refractivity contribution in [2.75, 3.05) is 0 Å². The van der Waals surface area contributed by atoms with E-state index in [0.717, 1.165) is 25.7 Å². The lowest BCUT2D eigenvalue weighted by atomic mass is 9.64. The van der Waals surface area contributed by atoms with E-state index in [9.17, 15) is 9.59 Å². The summed E-state index contributed by atoms with van der Waals surface area (Å²) in [6, 6.07) is 0.304. The maximum Gasteiger partial charge on any atom is 0.228 e. The number of Topliss-reactive ketones (excluding diaryl/α,β-unsaturated/α-hetero) is 1. The van der Waals surface area contributed by atoms with E-state index < -0.39 is 5.41 Å². The van der Waals surface area contributed by atoms with E-state index in [0.29, 0.717) is 6.04 Å². The zero-order valence-corrected chi connectivity index (χ0v) is 14.9. The molecule has 1 N–H and O–H groups in total. The third kappa shape index (κ3) is 1.77. The number of hydrogen-bond donors (Lipinski definition) is 1. The average Bonchev–Trinajstić information content (AvgIpc) is 2.72. The van der Waals surface area contributed by atoms with Gasteiger partial charge in [-0.1, -0.05) is 56.0 Å². The molecule has 0 aromatic heterocycles. The van der Waals surface area contributed by atoms with Crippen molar-refractivity contribution in [2.24, 2.45) is 16.2 Å². The van der Waals surface area contributed by atoms with Gasteiger partial charge >= 0.3 is 0 Å². The fraction of sp³-hybridized carbons (Fsp3) is 0.882. The number of carbonyl (C=O) groups is 2. The monoisotopic (exact) mass is 355 g/mol. The molecule has 3 aliphatic rings. The summed E-state index contributed by atoms with van der Waals surface area (Å²) in [5, 5.41) is 3.28. The van der Waals surface area contributed by atoms with E-state index in [-0.39, 0.29) is 27.3 Å². The van der Waals surface area contributed by atoms with Crippen LogP contribution in [0.3, 0.4) is 0 Å². The van der Waals surface area contributed by atoms with Crippen molar-refractivity contribution in [1.82, 2.24) is 5.32 Å². The predicted molar refractivity (Wildman–Crippen MR) is 86.3 cm³/mol. The highest BCUT2D eigenvalue weighted by Gasteiger charge is 2.76. The van der Waals surface area contributed by atoms with Crippen molar-refractivity contribution in [3.63, 3.8) is 0 Å². The number of amides is 1. The van der Waals surface area contributed by atoms with Gasteiger partial charge in [-0.15, -0.1) is 0 Å². The van der Waals surface area contributed by atoms with Crippen LogP contribution in [0.1, 0.15) is 65.7 Å². The van der Waals surface area contributed by atoms with Gasteiger partial charge in [-0.05, 0) is 31.1 Å². The first-order valence-corrected chi connectivity index (χ1v) is 9.18. The maximum absolute atomic E-state index is 13.1. The van der Waals surface area contributed by atoms with Crippen LogP contribution in [-0.2, 0) is 9.59 Å². The van der Waals surface area contributed by atoms with E-state index in [1.54, 1.807) is 0 Å². The van der Waals surface area contributed by atoms with Crippen LogP contribution in [0.5, 0.6) is 0 Å². The Bertz CT molecular complexity index is 483. The summed E-state index contributed by atoms with van der Waals surface area (Å²) in [5.74, 6) is 0.327. The minimum absolute atomic E-state index is 0.107. The molecule has 3 nitrogen and oxygen atoms in total. The molecule has 3 fully saturated rings. The zero-order chi connectivity index (χ0) is 15.5. The molecular weight excluding hydrogens is 330 g/mol. The number of halogens is 1. The minimum atomic E-state index is -0.573. The molecule has 2 bridgehead atoms. The third-order valence-corrected chi connectivity index (χ3v) is 8.26. The van der Waals surface area contributed by atoms with Crippen LogP contribution < -0.4 is 5.32 Å². The number of alkyl halides is 1. The largest absolute Gasteiger partial charge is 0.353 e. The van der Waals surface area contributed by atoms with Gasteiger partial charge in [-0.3, -0.25) is 9.59 Å². The van der Waals surface area contributed by atoms with Gasteiger partial charge in [0.1, 0.15) is 0 Å². The number of carbonyl (C=O) groups excluding carboxylic acids is 2. The predicted octanol–water partition coefficient (Wildman–Crippen LogP) is 3.59. The smallest absolute Gasteiger partial charge is 0.228 e. The Hall–Kier alpha value is -0.380. The normalized spacial score (nSPS) is 42.3. The quantitative estimate of drug-likeness (QED) is 0.769. The van der Waals surface area contributed by atoms with Crippen LogP contribution in [0.15, 0.2) is 0 Å². The highest BCUT2D eigenvalue weighted by atomic mass is 79.9. The molecule has 0 heterocycles. The molecule has 0 unspecified atom stereocenters. The number of ketones is 1. The van der Waals surface area contributed by atoms with Crippen molar-refractivity contribution in [3.8, 4) is 0 Å². The van der Waals surface area contributed by atoms with E-state index in [2.05, 4.69) is 35.1 Å². The molecule has 4 heteroatoms. The van der Waals surface area contributed by atoms with Crippen LogP contribution in [0.2, 0.25) is 0 Å². The Balaban J connectivity index is 1.89. The minimum Gasteiger partial charge on any atom is -0.353 e. The Morgan fingerprint density at radius 2 is 1.76 bits per heavy atom. The number of fused-ring (bicyclic) bond motifs is 2. The fourth-order valence-corrected chi connectivity index (χ4v) is 6.53. The van der Waals surface area contributed by atoms with E-state index in [1.165, 1.54) is 19.3 Å². The van der Waals surface area contributed by atoms with Crippen LogP contribution in [0.25, 0.3) is 0 Å². The lowest BCUT2D eigenvalue weighted by Gasteiger charge is -2.40. The summed E-state index contributed by atoms with van der Waals surface area (Å²) in [4.78, 5) is 25.5. The Labute approximate surface area is 135 Å². The number of hydrogen-bond acceptors (Lipinski definition) is 2. The molecule has 0 aromatic rings. The van der Waals surface area contributed by atoms with E-state index >= 15 is 0 Å². The maximum atomic E-state index is 13.1. The van der Waals surface area contributed by atoms with Gasteiger partial charge in [0, 0.05) is 11.5 Å². The molecule has 1 amide bonds. The molecule has 0 spiro atoms. The summed E-state index contributed by atoms with van der Waals surface area (Å²) in [5.41, 5.74) is -1.23. The lowest BCUT2D eigenvalue weighted by Crippen LogP contribution is -2.53. The molecule has 21 heavy (non-hydrogen) atoms. The summed E-state index contributed by atoms with van der Waals surface area (Å²) in [6.45, 7) is 6.27. The molecule has 0 radical (unpaired) electrons. The average molecular weight is 356 g/mol.